The van der Waals surface area contributed by atoms with Crippen molar-refractivity contribution in [1.82, 2.24) is 14.7 Å². The summed E-state index contributed by atoms with van der Waals surface area (Å²) in [5.74, 6) is 0.757. The maximum Gasteiger partial charge on any atom is 0.0746 e. The average Bonchev–Trinajstić information content (AvgIpc) is 3.17. The molecule has 6 heteroatoms. The summed E-state index contributed by atoms with van der Waals surface area (Å²) in [5.41, 5.74) is 1.29. The van der Waals surface area contributed by atoms with Crippen molar-refractivity contribution in [3.8, 4) is 0 Å². The number of hydrogen-bond acceptors (Lipinski definition) is 5. The molecule has 2 saturated heterocycles. The fraction of sp³-hybridized carbons (Fsp3) is 0.833. The summed E-state index contributed by atoms with van der Waals surface area (Å²) in [6.07, 6.45) is 8.89. The van der Waals surface area contributed by atoms with Crippen molar-refractivity contribution < 1.29 is 14.2 Å². The number of hydrogen-bond donors (Lipinski definition) is 0. The SMILES string of the molecule is COCCO[C@@H]1CCN(CC2CCOCC2)[C@@H]1Cc1cnn(C)c1. The highest BCUT2D eigenvalue weighted by molar-refractivity contribution is 5.08. The zero-order valence-corrected chi connectivity index (χ0v) is 15.0. The second-order valence-corrected chi connectivity index (χ2v) is 7.04. The third-order valence-electron chi connectivity index (χ3n) is 5.26. The van der Waals surface area contributed by atoms with Crippen molar-refractivity contribution in [2.24, 2.45) is 13.0 Å². The van der Waals surface area contributed by atoms with Gasteiger partial charge in [0, 0.05) is 52.7 Å². The van der Waals surface area contributed by atoms with Crippen LogP contribution in [0.5, 0.6) is 0 Å². The van der Waals surface area contributed by atoms with E-state index in [0.29, 0.717) is 25.4 Å². The minimum absolute atomic E-state index is 0.292. The minimum Gasteiger partial charge on any atom is -0.382 e. The molecule has 6 nitrogen and oxygen atoms in total. The van der Waals surface area contributed by atoms with Crippen molar-refractivity contribution >= 4 is 0 Å². The van der Waals surface area contributed by atoms with Gasteiger partial charge in [0.1, 0.15) is 0 Å². The van der Waals surface area contributed by atoms with Crippen molar-refractivity contribution in [3.05, 3.63) is 18.0 Å². The summed E-state index contributed by atoms with van der Waals surface area (Å²) in [6, 6.07) is 0.439. The highest BCUT2D eigenvalue weighted by Gasteiger charge is 2.36. The highest BCUT2D eigenvalue weighted by atomic mass is 16.5. The lowest BCUT2D eigenvalue weighted by atomic mass is 9.98. The molecule has 0 bridgehead atoms. The molecule has 3 rings (SSSR count). The number of ether oxygens (including phenoxy) is 3. The first-order chi connectivity index (χ1) is 11.8. The zero-order valence-electron chi connectivity index (χ0n) is 15.0. The molecule has 0 N–H and O–H groups in total. The Balaban J connectivity index is 1.61. The normalized spacial score (nSPS) is 26.2. The fourth-order valence-corrected chi connectivity index (χ4v) is 3.93. The predicted molar refractivity (Wildman–Crippen MR) is 92.0 cm³/mol. The second-order valence-electron chi connectivity index (χ2n) is 7.04. The minimum atomic E-state index is 0.292. The molecule has 2 atom stereocenters. The lowest BCUT2D eigenvalue weighted by molar-refractivity contribution is -0.00590. The van der Waals surface area contributed by atoms with E-state index < -0.39 is 0 Å². The molecule has 0 spiro atoms. The van der Waals surface area contributed by atoms with Gasteiger partial charge in [0.15, 0.2) is 0 Å². The molecule has 2 aliphatic rings. The van der Waals surface area contributed by atoms with Gasteiger partial charge in [0.25, 0.3) is 0 Å². The van der Waals surface area contributed by atoms with Crippen LogP contribution in [-0.4, -0.2) is 73.5 Å². The molecule has 24 heavy (non-hydrogen) atoms. The van der Waals surface area contributed by atoms with Crippen molar-refractivity contribution in [3.63, 3.8) is 0 Å². The third kappa shape index (κ3) is 4.79. The molecule has 0 radical (unpaired) electrons. The van der Waals surface area contributed by atoms with Gasteiger partial charge in [-0.1, -0.05) is 0 Å². The van der Waals surface area contributed by atoms with E-state index in [1.165, 1.54) is 24.9 Å². The van der Waals surface area contributed by atoms with E-state index in [0.717, 1.165) is 38.5 Å². The van der Waals surface area contributed by atoms with Gasteiger partial charge in [-0.2, -0.15) is 5.10 Å². The monoisotopic (exact) mass is 337 g/mol. The van der Waals surface area contributed by atoms with Crippen LogP contribution in [0.1, 0.15) is 24.8 Å². The quantitative estimate of drug-likeness (QED) is 0.673. The van der Waals surface area contributed by atoms with Crippen LogP contribution >= 0.6 is 0 Å². The number of likely N-dealkylation sites (tertiary alicyclic amines) is 1. The highest BCUT2D eigenvalue weighted by Crippen LogP contribution is 2.27. The fourth-order valence-electron chi connectivity index (χ4n) is 3.93. The van der Waals surface area contributed by atoms with Gasteiger partial charge in [-0.3, -0.25) is 9.58 Å². The molecule has 0 saturated carbocycles. The Hall–Kier alpha value is -0.950. The van der Waals surface area contributed by atoms with E-state index in [1.54, 1.807) is 7.11 Å². The van der Waals surface area contributed by atoms with Crippen LogP contribution in [0.2, 0.25) is 0 Å². The van der Waals surface area contributed by atoms with Crippen molar-refractivity contribution in [1.29, 1.82) is 0 Å². The summed E-state index contributed by atoms with van der Waals surface area (Å²) >= 11 is 0. The Morgan fingerprint density at radius 1 is 1.25 bits per heavy atom. The van der Waals surface area contributed by atoms with Gasteiger partial charge < -0.3 is 14.2 Å². The first kappa shape index (κ1) is 17.9. The molecule has 2 fully saturated rings. The number of nitrogens with zero attached hydrogens (tertiary/aromatic N) is 3. The molecule has 0 amide bonds. The van der Waals surface area contributed by atoms with Gasteiger partial charge in [0.2, 0.25) is 0 Å². The summed E-state index contributed by atoms with van der Waals surface area (Å²) < 4.78 is 18.7. The van der Waals surface area contributed by atoms with Crippen LogP contribution in [0.15, 0.2) is 12.4 Å². The summed E-state index contributed by atoms with van der Waals surface area (Å²) in [4.78, 5) is 2.64. The molecule has 0 aliphatic carbocycles. The molecule has 0 aromatic carbocycles. The number of rotatable bonds is 8. The van der Waals surface area contributed by atoms with E-state index in [-0.39, 0.29) is 0 Å². The Labute approximate surface area is 145 Å². The summed E-state index contributed by atoms with van der Waals surface area (Å²) in [5, 5.41) is 4.32. The third-order valence-corrected chi connectivity index (χ3v) is 5.26. The standard InChI is InChI=1S/C18H31N3O3/c1-20-13-16(12-19-20)11-17-18(24-10-9-22-2)3-6-21(17)14-15-4-7-23-8-5-15/h12-13,15,17-18H,3-11,14H2,1-2H3/t17-,18-/m1/s1. The first-order valence-electron chi connectivity index (χ1n) is 9.16. The maximum atomic E-state index is 6.14. The lowest BCUT2D eigenvalue weighted by Gasteiger charge is -2.32. The Morgan fingerprint density at radius 2 is 2.08 bits per heavy atom. The number of aromatic nitrogens is 2. The number of aryl methyl sites for hydroxylation is 1. The van der Waals surface area contributed by atoms with Crippen LogP contribution in [0.25, 0.3) is 0 Å². The zero-order chi connectivity index (χ0) is 16.8. The van der Waals surface area contributed by atoms with Crippen LogP contribution < -0.4 is 0 Å². The van der Waals surface area contributed by atoms with Crippen molar-refractivity contribution in [2.75, 3.05) is 46.6 Å². The second kappa shape index (κ2) is 8.94. The van der Waals surface area contributed by atoms with E-state index in [4.69, 9.17) is 14.2 Å². The van der Waals surface area contributed by atoms with Crippen molar-refractivity contribution in [2.45, 2.75) is 37.8 Å². The smallest absolute Gasteiger partial charge is 0.0746 e. The van der Waals surface area contributed by atoms with Crippen LogP contribution in [-0.2, 0) is 27.7 Å². The molecule has 3 heterocycles. The molecular formula is C18H31N3O3. The lowest BCUT2D eigenvalue weighted by Crippen LogP contribution is -2.41. The van der Waals surface area contributed by atoms with Crippen LogP contribution in [0.4, 0.5) is 0 Å². The van der Waals surface area contributed by atoms with Gasteiger partial charge in [-0.05, 0) is 37.2 Å². The topological polar surface area (TPSA) is 48.8 Å². The van der Waals surface area contributed by atoms with Crippen LogP contribution in [0.3, 0.4) is 0 Å². The maximum absolute atomic E-state index is 6.14. The predicted octanol–water partition coefficient (Wildman–Crippen LogP) is 1.50. The molecular weight excluding hydrogens is 306 g/mol. The van der Waals surface area contributed by atoms with Gasteiger partial charge >= 0.3 is 0 Å². The Bertz CT molecular complexity index is 488. The van der Waals surface area contributed by atoms with E-state index >= 15 is 0 Å². The van der Waals surface area contributed by atoms with Gasteiger partial charge in [-0.25, -0.2) is 0 Å². The molecule has 0 unspecified atom stereocenters. The largest absolute Gasteiger partial charge is 0.382 e. The molecule has 1 aromatic heterocycles. The summed E-state index contributed by atoms with van der Waals surface area (Å²) in [7, 11) is 3.70. The molecule has 2 aliphatic heterocycles. The van der Waals surface area contributed by atoms with E-state index in [1.807, 2.05) is 17.9 Å². The Morgan fingerprint density at radius 3 is 2.79 bits per heavy atom. The van der Waals surface area contributed by atoms with E-state index in [2.05, 4.69) is 16.2 Å². The average molecular weight is 337 g/mol. The van der Waals surface area contributed by atoms with E-state index in [9.17, 15) is 0 Å². The molecule has 136 valence electrons. The van der Waals surface area contributed by atoms with Gasteiger partial charge in [-0.15, -0.1) is 0 Å². The van der Waals surface area contributed by atoms with Gasteiger partial charge in [0.05, 0.1) is 25.5 Å². The Kier molecular flexibility index (Phi) is 6.66. The number of methoxy groups -OCH3 is 1. The summed E-state index contributed by atoms with van der Waals surface area (Å²) in [6.45, 7) is 5.46. The molecule has 1 aromatic rings. The first-order valence-corrected chi connectivity index (χ1v) is 9.16. The van der Waals surface area contributed by atoms with Crippen LogP contribution in [0, 0.1) is 5.92 Å².